The normalized spacial score (nSPS) is 22.2. The number of carboxylic acids is 1. The van der Waals surface area contributed by atoms with E-state index in [4.69, 9.17) is 23.2 Å². The van der Waals surface area contributed by atoms with Crippen LogP contribution in [-0.2, 0) is 11.0 Å². The maximum atomic E-state index is 14.5. The molecule has 40 heavy (non-hydrogen) atoms. The minimum Gasteiger partial charge on any atom is -0.481 e. The van der Waals surface area contributed by atoms with Gasteiger partial charge in [-0.1, -0.05) is 42.5 Å². The number of carbonyl (C=O) groups excluding carboxylic acids is 2. The molecule has 1 amide bonds. The number of ketones is 1. The molecule has 2 aliphatic carbocycles. The van der Waals surface area contributed by atoms with Crippen molar-refractivity contribution in [1.82, 2.24) is 14.7 Å². The summed E-state index contributed by atoms with van der Waals surface area (Å²) in [6.45, 7) is 2.86. The summed E-state index contributed by atoms with van der Waals surface area (Å²) in [5, 5.41) is 13.7. The Morgan fingerprint density at radius 3 is 2.17 bits per heavy atom. The summed E-state index contributed by atoms with van der Waals surface area (Å²) >= 11 is 12.6. The molecule has 0 unspecified atom stereocenters. The van der Waals surface area contributed by atoms with Crippen LogP contribution in [-0.4, -0.2) is 50.0 Å². The van der Waals surface area contributed by atoms with Crippen molar-refractivity contribution >= 4 is 40.9 Å². The maximum Gasteiger partial charge on any atom is 0.433 e. The quantitative estimate of drug-likeness (QED) is 0.334. The van der Waals surface area contributed by atoms with E-state index >= 15 is 0 Å². The molecule has 1 aromatic carbocycles. The Bertz CT molecular complexity index is 1270. The van der Waals surface area contributed by atoms with Crippen molar-refractivity contribution in [2.45, 2.75) is 89.9 Å². The summed E-state index contributed by atoms with van der Waals surface area (Å²) < 4.78 is 44.3. The van der Waals surface area contributed by atoms with Gasteiger partial charge >= 0.3 is 12.1 Å². The molecule has 0 bridgehead atoms. The second-order valence-electron chi connectivity index (χ2n) is 11.2. The molecule has 2 aliphatic rings. The number of aromatic nitrogens is 2. The summed E-state index contributed by atoms with van der Waals surface area (Å²) in [5.74, 6) is -2.47. The predicted molar refractivity (Wildman–Crippen MR) is 144 cm³/mol. The zero-order valence-electron chi connectivity index (χ0n) is 22.4. The lowest BCUT2D eigenvalue weighted by Gasteiger charge is -2.35. The molecule has 1 N–H and O–H groups in total. The molecule has 0 aliphatic heterocycles. The zero-order chi connectivity index (χ0) is 29.4. The molecule has 2 aromatic rings. The molecule has 0 atom stereocenters. The SMILES string of the molecule is Cc1cc(Cl)c(C(=O)CN(C(=O)c2cnn(C3CCC(C)(C(=O)O)CC3)c2C(F)(F)F)C2CCCCC2)c(Cl)c1. The fraction of sp³-hybridized carbons (Fsp3) is 0.571. The van der Waals surface area contributed by atoms with Crippen molar-refractivity contribution in [2.24, 2.45) is 5.41 Å². The van der Waals surface area contributed by atoms with Gasteiger partial charge < -0.3 is 10.0 Å². The number of amides is 1. The average Bonchev–Trinajstić information content (AvgIpc) is 3.33. The van der Waals surface area contributed by atoms with E-state index in [0.29, 0.717) is 12.8 Å². The number of carbonyl (C=O) groups is 3. The molecule has 218 valence electrons. The Hall–Kier alpha value is -2.59. The number of nitrogens with zero attached hydrogens (tertiary/aromatic N) is 3. The highest BCUT2D eigenvalue weighted by Gasteiger charge is 2.45. The fourth-order valence-corrected chi connectivity index (χ4v) is 6.70. The van der Waals surface area contributed by atoms with Crippen LogP contribution in [0.15, 0.2) is 18.3 Å². The molecule has 1 aromatic heterocycles. The fourth-order valence-electron chi connectivity index (χ4n) is 5.89. The Morgan fingerprint density at radius 2 is 1.65 bits per heavy atom. The Balaban J connectivity index is 1.69. The van der Waals surface area contributed by atoms with Crippen molar-refractivity contribution in [2.75, 3.05) is 6.54 Å². The van der Waals surface area contributed by atoms with Gasteiger partial charge in [-0.05, 0) is 70.1 Å². The van der Waals surface area contributed by atoms with E-state index in [-0.39, 0.29) is 41.3 Å². The lowest BCUT2D eigenvalue weighted by molar-refractivity contribution is -0.152. The highest BCUT2D eigenvalue weighted by atomic mass is 35.5. The molecular formula is C28H32Cl2F3N3O4. The maximum absolute atomic E-state index is 14.5. The first kappa shape index (κ1) is 30.4. The van der Waals surface area contributed by atoms with Crippen LogP contribution < -0.4 is 0 Å². The molecular weight excluding hydrogens is 570 g/mol. The van der Waals surface area contributed by atoms with Crippen LogP contribution in [0, 0.1) is 12.3 Å². The third-order valence-corrected chi connectivity index (χ3v) is 8.87. The molecule has 2 fully saturated rings. The Morgan fingerprint density at radius 1 is 1.07 bits per heavy atom. The Labute approximate surface area is 240 Å². The largest absolute Gasteiger partial charge is 0.481 e. The number of hydrogen-bond donors (Lipinski definition) is 1. The number of halogens is 5. The number of rotatable bonds is 7. The topological polar surface area (TPSA) is 92.5 Å². The van der Waals surface area contributed by atoms with Gasteiger partial charge in [-0.2, -0.15) is 18.3 Å². The van der Waals surface area contributed by atoms with Gasteiger partial charge in [0.1, 0.15) is 0 Å². The minimum atomic E-state index is -4.90. The van der Waals surface area contributed by atoms with Gasteiger partial charge in [-0.25, -0.2) is 0 Å². The molecule has 1 heterocycles. The second kappa shape index (κ2) is 11.7. The van der Waals surface area contributed by atoms with Crippen LogP contribution in [0.3, 0.4) is 0 Å². The van der Waals surface area contributed by atoms with Crippen molar-refractivity contribution < 1.29 is 32.7 Å². The van der Waals surface area contributed by atoms with Crippen molar-refractivity contribution in [3.63, 3.8) is 0 Å². The summed E-state index contributed by atoms with van der Waals surface area (Å²) in [6.07, 6.45) is 0.360. The van der Waals surface area contributed by atoms with Crippen molar-refractivity contribution in [3.05, 3.63) is 50.8 Å². The second-order valence-corrected chi connectivity index (χ2v) is 12.0. The van der Waals surface area contributed by atoms with Gasteiger partial charge in [0.25, 0.3) is 5.91 Å². The average molecular weight is 602 g/mol. The predicted octanol–water partition coefficient (Wildman–Crippen LogP) is 7.38. The summed E-state index contributed by atoms with van der Waals surface area (Å²) in [4.78, 5) is 40.1. The molecule has 2 saturated carbocycles. The molecule has 4 rings (SSSR count). The van der Waals surface area contributed by atoms with Gasteiger partial charge in [0.2, 0.25) is 0 Å². The van der Waals surface area contributed by atoms with E-state index in [1.54, 1.807) is 26.0 Å². The standard InChI is InChI=1S/C28H32Cl2F3N3O4/c1-16-12-20(29)23(21(30)13-16)22(37)15-35(17-6-4-3-5-7-17)25(38)19-14-34-36(24(19)28(31,32)33)18-8-10-27(2,11-9-18)26(39)40/h12-14,17-18H,3-11,15H2,1-2H3,(H,39,40). The first-order valence-corrected chi connectivity index (χ1v) is 14.2. The van der Waals surface area contributed by atoms with Crippen molar-refractivity contribution in [1.29, 1.82) is 0 Å². The third-order valence-electron chi connectivity index (χ3n) is 8.27. The van der Waals surface area contributed by atoms with Gasteiger partial charge in [-0.3, -0.25) is 19.1 Å². The van der Waals surface area contributed by atoms with E-state index in [1.807, 2.05) is 0 Å². The van der Waals surface area contributed by atoms with Crippen LogP contribution >= 0.6 is 23.2 Å². The smallest absolute Gasteiger partial charge is 0.433 e. The summed E-state index contributed by atoms with van der Waals surface area (Å²) in [5.41, 5.74) is -2.06. The van der Waals surface area contributed by atoms with Crippen LogP contribution in [0.4, 0.5) is 13.2 Å². The molecule has 0 spiro atoms. The number of aliphatic carboxylic acids is 1. The summed E-state index contributed by atoms with van der Waals surface area (Å²) in [6, 6.07) is 2.00. The van der Waals surface area contributed by atoms with E-state index in [0.717, 1.165) is 35.7 Å². The van der Waals surface area contributed by atoms with E-state index < -0.39 is 59.1 Å². The number of hydrogen-bond acceptors (Lipinski definition) is 4. The molecule has 12 heteroatoms. The number of carboxylic acid groups (broad SMARTS) is 1. The first-order valence-electron chi connectivity index (χ1n) is 13.4. The first-order chi connectivity index (χ1) is 18.7. The van der Waals surface area contributed by atoms with Gasteiger partial charge in [0, 0.05) is 6.04 Å². The number of alkyl halides is 3. The zero-order valence-corrected chi connectivity index (χ0v) is 23.9. The van der Waals surface area contributed by atoms with Crippen LogP contribution in [0.5, 0.6) is 0 Å². The molecule has 7 nitrogen and oxygen atoms in total. The lowest BCUT2D eigenvalue weighted by atomic mass is 9.74. The minimum absolute atomic E-state index is 0.0259. The van der Waals surface area contributed by atoms with Gasteiger partial charge in [-0.15, -0.1) is 0 Å². The van der Waals surface area contributed by atoms with E-state index in [1.165, 1.54) is 4.90 Å². The molecule has 0 radical (unpaired) electrons. The number of Topliss-reactive ketones (excluding diaryl/α,β-unsaturated/α-hetero) is 1. The van der Waals surface area contributed by atoms with Gasteiger partial charge in [0.15, 0.2) is 11.5 Å². The summed E-state index contributed by atoms with van der Waals surface area (Å²) in [7, 11) is 0. The van der Waals surface area contributed by atoms with Crippen molar-refractivity contribution in [3.8, 4) is 0 Å². The highest BCUT2D eigenvalue weighted by Crippen LogP contribution is 2.44. The molecule has 0 saturated heterocycles. The van der Waals surface area contributed by atoms with Crippen LogP contribution in [0.2, 0.25) is 10.0 Å². The third kappa shape index (κ3) is 6.17. The van der Waals surface area contributed by atoms with Crippen LogP contribution in [0.25, 0.3) is 0 Å². The van der Waals surface area contributed by atoms with Gasteiger partial charge in [0.05, 0.1) is 45.4 Å². The highest BCUT2D eigenvalue weighted by molar-refractivity contribution is 6.40. The lowest BCUT2D eigenvalue weighted by Crippen LogP contribution is -2.45. The Kier molecular flexibility index (Phi) is 8.90. The van der Waals surface area contributed by atoms with Crippen LogP contribution in [0.1, 0.15) is 103 Å². The monoisotopic (exact) mass is 601 g/mol. The van der Waals surface area contributed by atoms with E-state index in [9.17, 15) is 32.7 Å². The van der Waals surface area contributed by atoms with E-state index in [2.05, 4.69) is 5.10 Å². The number of benzene rings is 1. The number of aryl methyl sites for hydroxylation is 1.